The van der Waals surface area contributed by atoms with Crippen LogP contribution in [0.15, 0.2) is 4.42 Å². The molecule has 0 bridgehead atoms. The van der Waals surface area contributed by atoms with E-state index in [4.69, 9.17) is 4.42 Å². The van der Waals surface area contributed by atoms with E-state index in [0.717, 1.165) is 19.4 Å². The molecule has 2 heterocycles. The Labute approximate surface area is 70.0 Å². The molecule has 12 heavy (non-hydrogen) atoms. The van der Waals surface area contributed by atoms with Crippen LogP contribution in [0.3, 0.4) is 0 Å². The lowest BCUT2D eigenvalue weighted by molar-refractivity contribution is 0.151. The number of aliphatic hydroxyl groups excluding tert-OH is 1. The Morgan fingerprint density at radius 3 is 3.25 bits per heavy atom. The van der Waals surface area contributed by atoms with Crippen LogP contribution in [0, 0.1) is 6.39 Å². The number of hydrogen-bond donors (Lipinski definition) is 1. The number of nitrogens with zero attached hydrogens (tertiary/aromatic N) is 3. The summed E-state index contributed by atoms with van der Waals surface area (Å²) in [6.07, 6.45) is 3.83. The molecule has 1 aromatic heterocycles. The van der Waals surface area contributed by atoms with Crippen LogP contribution in [0.25, 0.3) is 0 Å². The van der Waals surface area contributed by atoms with Crippen molar-refractivity contribution in [3.8, 4) is 0 Å². The predicted molar refractivity (Wildman–Crippen MR) is 40.6 cm³/mol. The zero-order valence-electron chi connectivity index (χ0n) is 6.60. The first-order chi connectivity index (χ1) is 5.86. The second kappa shape index (κ2) is 3.10. The molecule has 1 fully saturated rings. The van der Waals surface area contributed by atoms with Gasteiger partial charge in [0.15, 0.2) is 0 Å². The minimum Gasteiger partial charge on any atom is -0.399 e. The first-order valence-electron chi connectivity index (χ1n) is 3.99. The van der Waals surface area contributed by atoms with E-state index >= 15 is 0 Å². The summed E-state index contributed by atoms with van der Waals surface area (Å²) in [6, 6.07) is 0.453. The van der Waals surface area contributed by atoms with E-state index in [1.807, 2.05) is 4.90 Å². The minimum atomic E-state index is -0.273. The van der Waals surface area contributed by atoms with E-state index in [9.17, 15) is 5.11 Å². The maximum absolute atomic E-state index is 9.34. The molecule has 1 aliphatic heterocycles. The van der Waals surface area contributed by atoms with E-state index in [1.165, 1.54) is 0 Å². The number of hydrogen-bond acceptors (Lipinski definition) is 5. The molecule has 0 saturated carbocycles. The molecule has 65 valence electrons. The Balaban J connectivity index is 2.04. The molecule has 1 saturated heterocycles. The van der Waals surface area contributed by atoms with Crippen molar-refractivity contribution in [2.24, 2.45) is 0 Å². The topological polar surface area (TPSA) is 62.4 Å². The number of aliphatic hydroxyl groups is 1. The molecular weight excluding hydrogens is 158 g/mol. The largest absolute Gasteiger partial charge is 0.399 e. The lowest BCUT2D eigenvalue weighted by Crippen LogP contribution is -2.38. The Morgan fingerprint density at radius 2 is 2.58 bits per heavy atom. The third-order valence-electron chi connectivity index (χ3n) is 1.98. The van der Waals surface area contributed by atoms with E-state index in [0.29, 0.717) is 12.6 Å². The highest BCUT2D eigenvalue weighted by Gasteiger charge is 2.20. The van der Waals surface area contributed by atoms with Crippen molar-refractivity contribution in [3.05, 3.63) is 6.39 Å². The van der Waals surface area contributed by atoms with Gasteiger partial charge in [-0.3, -0.25) is 0 Å². The molecule has 5 heteroatoms. The third kappa shape index (κ3) is 1.40. The molecule has 1 aliphatic rings. The molecule has 5 nitrogen and oxygen atoms in total. The second-order valence-corrected chi connectivity index (χ2v) is 2.92. The van der Waals surface area contributed by atoms with Crippen LogP contribution < -0.4 is 4.90 Å². The van der Waals surface area contributed by atoms with Crippen LogP contribution >= 0.6 is 0 Å². The van der Waals surface area contributed by atoms with Crippen molar-refractivity contribution in [2.45, 2.75) is 18.9 Å². The molecular formula is C7H10N3O2. The normalized spacial score (nSPS) is 24.4. The lowest BCUT2D eigenvalue weighted by atomic mass is 10.1. The molecule has 1 aromatic rings. The van der Waals surface area contributed by atoms with E-state index in [1.54, 1.807) is 0 Å². The average molecular weight is 168 g/mol. The van der Waals surface area contributed by atoms with Gasteiger partial charge in [-0.25, -0.2) is 0 Å². The Morgan fingerprint density at radius 1 is 1.67 bits per heavy atom. The monoisotopic (exact) mass is 168 g/mol. The van der Waals surface area contributed by atoms with Gasteiger partial charge in [-0.15, -0.1) is 5.10 Å². The number of rotatable bonds is 1. The van der Waals surface area contributed by atoms with Crippen LogP contribution in [-0.2, 0) is 0 Å². The second-order valence-electron chi connectivity index (χ2n) is 2.92. The highest BCUT2D eigenvalue weighted by atomic mass is 16.4. The molecule has 0 aliphatic carbocycles. The highest BCUT2D eigenvalue weighted by Crippen LogP contribution is 2.16. The van der Waals surface area contributed by atoms with Gasteiger partial charge in [0.05, 0.1) is 6.10 Å². The molecule has 1 radical (unpaired) electrons. The van der Waals surface area contributed by atoms with E-state index < -0.39 is 0 Å². The van der Waals surface area contributed by atoms with E-state index in [-0.39, 0.29) is 6.10 Å². The van der Waals surface area contributed by atoms with Gasteiger partial charge in [0, 0.05) is 13.1 Å². The van der Waals surface area contributed by atoms with Crippen LogP contribution in [-0.4, -0.2) is 34.5 Å². The maximum atomic E-state index is 9.34. The van der Waals surface area contributed by atoms with Gasteiger partial charge in [0.25, 0.3) is 0 Å². The summed E-state index contributed by atoms with van der Waals surface area (Å²) in [6.45, 7) is 1.45. The van der Waals surface area contributed by atoms with Crippen LogP contribution in [0.5, 0.6) is 0 Å². The Hall–Kier alpha value is -1.10. The van der Waals surface area contributed by atoms with Gasteiger partial charge < -0.3 is 14.4 Å². The SMILES string of the molecule is OC1CCCN(c2nn[c]o2)C1. The van der Waals surface area contributed by atoms with Crippen molar-refractivity contribution in [2.75, 3.05) is 18.0 Å². The van der Waals surface area contributed by atoms with Crippen LogP contribution in [0.4, 0.5) is 6.01 Å². The summed E-state index contributed by atoms with van der Waals surface area (Å²) >= 11 is 0. The summed E-state index contributed by atoms with van der Waals surface area (Å²) in [5, 5.41) is 16.5. The van der Waals surface area contributed by atoms with Gasteiger partial charge >= 0.3 is 12.4 Å². The van der Waals surface area contributed by atoms with E-state index in [2.05, 4.69) is 16.6 Å². The Bertz CT molecular complexity index is 237. The number of piperidine rings is 1. The molecule has 1 N–H and O–H groups in total. The van der Waals surface area contributed by atoms with Gasteiger partial charge in [-0.1, -0.05) is 5.10 Å². The van der Waals surface area contributed by atoms with Crippen molar-refractivity contribution in [1.82, 2.24) is 10.2 Å². The molecule has 1 atom stereocenters. The molecule has 1 unspecified atom stereocenters. The molecule has 0 spiro atoms. The van der Waals surface area contributed by atoms with Crippen molar-refractivity contribution in [1.29, 1.82) is 0 Å². The fourth-order valence-corrected chi connectivity index (χ4v) is 1.40. The van der Waals surface area contributed by atoms with Gasteiger partial charge in [0.2, 0.25) is 0 Å². The first kappa shape index (κ1) is 7.54. The first-order valence-corrected chi connectivity index (χ1v) is 3.99. The zero-order chi connectivity index (χ0) is 8.39. The standard InChI is InChI=1S/C7H10N3O2/c11-6-2-1-3-10(4-6)7-9-8-5-12-7/h6,11H,1-4H2. The van der Waals surface area contributed by atoms with Gasteiger partial charge in [-0.2, -0.15) is 0 Å². The number of aromatic nitrogens is 2. The number of β-amino-alcohol motifs (C(OH)–C–C–N with tert-alkyl or cyclic N) is 1. The smallest absolute Gasteiger partial charge is 0.318 e. The van der Waals surface area contributed by atoms with Crippen LogP contribution in [0.2, 0.25) is 0 Å². The summed E-state index contributed by atoms with van der Waals surface area (Å²) < 4.78 is 4.89. The highest BCUT2D eigenvalue weighted by molar-refractivity contribution is 5.24. The molecule has 2 rings (SSSR count). The van der Waals surface area contributed by atoms with Crippen molar-refractivity contribution >= 4 is 6.01 Å². The zero-order valence-corrected chi connectivity index (χ0v) is 6.60. The fraction of sp³-hybridized carbons (Fsp3) is 0.714. The predicted octanol–water partition coefficient (Wildman–Crippen LogP) is -0.169. The fourth-order valence-electron chi connectivity index (χ4n) is 1.40. The number of anilines is 1. The van der Waals surface area contributed by atoms with Gasteiger partial charge in [-0.05, 0) is 12.8 Å². The molecule has 0 amide bonds. The van der Waals surface area contributed by atoms with Crippen LogP contribution in [0.1, 0.15) is 12.8 Å². The average Bonchev–Trinajstić information content (AvgIpc) is 2.56. The summed E-state index contributed by atoms with van der Waals surface area (Å²) in [5.41, 5.74) is 0. The molecule has 0 aromatic carbocycles. The summed E-state index contributed by atoms with van der Waals surface area (Å²) in [5.74, 6) is 0. The maximum Gasteiger partial charge on any atom is 0.318 e. The van der Waals surface area contributed by atoms with Gasteiger partial charge in [0.1, 0.15) is 0 Å². The quantitative estimate of drug-likeness (QED) is 0.630. The lowest BCUT2D eigenvalue weighted by Gasteiger charge is -2.27. The summed E-state index contributed by atoms with van der Waals surface area (Å²) in [7, 11) is 0. The van der Waals surface area contributed by atoms with Crippen molar-refractivity contribution < 1.29 is 9.52 Å². The third-order valence-corrected chi connectivity index (χ3v) is 1.98. The van der Waals surface area contributed by atoms with Crippen molar-refractivity contribution in [3.63, 3.8) is 0 Å². The Kier molecular flexibility index (Phi) is 1.95. The minimum absolute atomic E-state index is 0.273. The summed E-state index contributed by atoms with van der Waals surface area (Å²) in [4.78, 5) is 1.87.